The molecule has 10 heavy (non-hydrogen) atoms. The van der Waals surface area contributed by atoms with E-state index < -0.39 is 0 Å². The lowest BCUT2D eigenvalue weighted by Gasteiger charge is -2.19. The molecule has 1 heterocycles. The van der Waals surface area contributed by atoms with Crippen molar-refractivity contribution >= 4 is 0 Å². The average Bonchev–Trinajstić information content (AvgIpc) is 2.10. The fourth-order valence-corrected chi connectivity index (χ4v) is 0.799. The van der Waals surface area contributed by atoms with E-state index in [0.29, 0.717) is 5.82 Å². The molecule has 0 aromatic heterocycles. The van der Waals surface area contributed by atoms with Crippen LogP contribution in [0.2, 0.25) is 0 Å². The van der Waals surface area contributed by atoms with Crippen LogP contribution in [0.1, 0.15) is 6.92 Å². The molecule has 0 spiro atoms. The summed E-state index contributed by atoms with van der Waals surface area (Å²) in [5, 5.41) is 1.68. The van der Waals surface area contributed by atoms with Crippen molar-refractivity contribution in [1.82, 2.24) is 10.4 Å². The molecule has 3 N–H and O–H groups in total. The van der Waals surface area contributed by atoms with Crippen LogP contribution < -0.4 is 11.2 Å². The second-order valence-electron chi connectivity index (χ2n) is 2.28. The topological polar surface area (TPSA) is 41.3 Å². The zero-order valence-corrected chi connectivity index (χ0v) is 6.02. The van der Waals surface area contributed by atoms with Crippen molar-refractivity contribution in [3.05, 3.63) is 36.4 Å². The quantitative estimate of drug-likeness (QED) is 0.557. The van der Waals surface area contributed by atoms with Crippen LogP contribution in [0.3, 0.4) is 0 Å². The van der Waals surface area contributed by atoms with E-state index in [4.69, 9.17) is 5.73 Å². The standard InChI is InChI=1S/C7H11N3/c1-5(2)10-7(8)4-6(3)9-10/h4,9H,1,3,8H2,2H3. The van der Waals surface area contributed by atoms with Gasteiger partial charge in [-0.05, 0) is 6.92 Å². The van der Waals surface area contributed by atoms with Gasteiger partial charge >= 0.3 is 0 Å². The van der Waals surface area contributed by atoms with E-state index in [-0.39, 0.29) is 0 Å². The summed E-state index contributed by atoms with van der Waals surface area (Å²) in [4.78, 5) is 0. The van der Waals surface area contributed by atoms with Crippen molar-refractivity contribution in [2.75, 3.05) is 0 Å². The Labute approximate surface area is 60.5 Å². The number of nitrogens with one attached hydrogen (secondary N) is 1. The van der Waals surface area contributed by atoms with Crippen LogP contribution in [0.15, 0.2) is 36.4 Å². The molecule has 54 valence electrons. The SMILES string of the molecule is C=C1C=C(N)N(C(=C)C)N1. The first-order valence-corrected chi connectivity index (χ1v) is 2.99. The second-order valence-corrected chi connectivity index (χ2v) is 2.28. The third-order valence-corrected chi connectivity index (χ3v) is 1.22. The Balaban J connectivity index is 2.78. The fraction of sp³-hybridized carbons (Fsp3) is 0.143. The summed E-state index contributed by atoms with van der Waals surface area (Å²) in [7, 11) is 0. The van der Waals surface area contributed by atoms with Gasteiger partial charge in [-0.25, -0.2) is 5.01 Å². The van der Waals surface area contributed by atoms with Crippen LogP contribution in [0.5, 0.6) is 0 Å². The number of nitrogens with two attached hydrogens (primary N) is 1. The van der Waals surface area contributed by atoms with Crippen LogP contribution in [0.4, 0.5) is 0 Å². The Kier molecular flexibility index (Phi) is 1.41. The Morgan fingerprint density at radius 2 is 2.40 bits per heavy atom. The van der Waals surface area contributed by atoms with E-state index in [2.05, 4.69) is 18.6 Å². The van der Waals surface area contributed by atoms with E-state index in [9.17, 15) is 0 Å². The summed E-state index contributed by atoms with van der Waals surface area (Å²) in [5.41, 5.74) is 10.1. The van der Waals surface area contributed by atoms with Gasteiger partial charge in [0.15, 0.2) is 0 Å². The van der Waals surface area contributed by atoms with Gasteiger partial charge in [-0.15, -0.1) is 0 Å². The first-order valence-electron chi connectivity index (χ1n) is 2.99. The van der Waals surface area contributed by atoms with Crippen LogP contribution in [0.25, 0.3) is 0 Å². The lowest BCUT2D eigenvalue weighted by Crippen LogP contribution is -2.31. The summed E-state index contributed by atoms with van der Waals surface area (Å²) in [6.45, 7) is 9.28. The summed E-state index contributed by atoms with van der Waals surface area (Å²) in [6.07, 6.45) is 1.76. The fourth-order valence-electron chi connectivity index (χ4n) is 0.799. The molecule has 0 amide bonds. The van der Waals surface area contributed by atoms with Crippen molar-refractivity contribution < 1.29 is 0 Å². The van der Waals surface area contributed by atoms with Crippen molar-refractivity contribution in [2.24, 2.45) is 5.73 Å². The molecule has 0 bridgehead atoms. The molecule has 3 heteroatoms. The van der Waals surface area contributed by atoms with E-state index >= 15 is 0 Å². The Morgan fingerprint density at radius 3 is 2.60 bits per heavy atom. The van der Waals surface area contributed by atoms with Crippen LogP contribution in [-0.4, -0.2) is 5.01 Å². The molecule has 0 aromatic carbocycles. The second kappa shape index (κ2) is 2.10. The van der Waals surface area contributed by atoms with E-state index in [1.165, 1.54) is 0 Å². The molecule has 0 saturated carbocycles. The van der Waals surface area contributed by atoms with E-state index in [0.717, 1.165) is 11.4 Å². The molecule has 0 unspecified atom stereocenters. The number of hydrogen-bond donors (Lipinski definition) is 2. The number of hydrazine groups is 1. The van der Waals surface area contributed by atoms with Gasteiger partial charge in [-0.2, -0.15) is 0 Å². The van der Waals surface area contributed by atoms with Gasteiger partial charge in [0, 0.05) is 11.8 Å². The number of nitrogens with zero attached hydrogens (tertiary/aromatic N) is 1. The minimum Gasteiger partial charge on any atom is -0.384 e. The molecule has 0 aliphatic carbocycles. The summed E-state index contributed by atoms with van der Waals surface area (Å²) in [5.74, 6) is 0.637. The van der Waals surface area contributed by atoms with Crippen LogP contribution in [0, 0.1) is 0 Å². The van der Waals surface area contributed by atoms with Gasteiger partial charge in [-0.3, -0.25) is 5.43 Å². The van der Waals surface area contributed by atoms with Crippen molar-refractivity contribution in [1.29, 1.82) is 0 Å². The molecule has 0 atom stereocenters. The lowest BCUT2D eigenvalue weighted by atomic mass is 10.5. The zero-order valence-electron chi connectivity index (χ0n) is 6.02. The number of allylic oxidation sites excluding steroid dienone is 2. The Hall–Kier alpha value is -1.38. The smallest absolute Gasteiger partial charge is 0.124 e. The maximum absolute atomic E-state index is 5.57. The third-order valence-electron chi connectivity index (χ3n) is 1.22. The molecule has 0 saturated heterocycles. The first kappa shape index (κ1) is 6.74. The highest BCUT2D eigenvalue weighted by Crippen LogP contribution is 2.12. The molecule has 1 rings (SSSR count). The third kappa shape index (κ3) is 0.978. The van der Waals surface area contributed by atoms with Crippen molar-refractivity contribution in [2.45, 2.75) is 6.92 Å². The highest BCUT2D eigenvalue weighted by molar-refractivity contribution is 5.25. The van der Waals surface area contributed by atoms with Crippen LogP contribution in [-0.2, 0) is 0 Å². The average molecular weight is 137 g/mol. The normalized spacial score (nSPS) is 16.7. The first-order chi connectivity index (χ1) is 4.61. The molecule has 3 nitrogen and oxygen atoms in total. The minimum atomic E-state index is 0.637. The van der Waals surface area contributed by atoms with Gasteiger partial charge in [0.1, 0.15) is 5.82 Å². The highest BCUT2D eigenvalue weighted by atomic mass is 15.6. The Morgan fingerprint density at radius 1 is 1.80 bits per heavy atom. The lowest BCUT2D eigenvalue weighted by molar-refractivity contribution is 0.375. The maximum Gasteiger partial charge on any atom is 0.124 e. The van der Waals surface area contributed by atoms with Gasteiger partial charge in [0.2, 0.25) is 0 Å². The summed E-state index contributed by atoms with van der Waals surface area (Å²) in [6, 6.07) is 0. The number of hydrogen-bond acceptors (Lipinski definition) is 3. The zero-order chi connectivity index (χ0) is 7.72. The molecule has 0 fully saturated rings. The monoisotopic (exact) mass is 137 g/mol. The Bertz CT molecular complexity index is 215. The highest BCUT2D eigenvalue weighted by Gasteiger charge is 2.13. The molecule has 0 radical (unpaired) electrons. The molecular weight excluding hydrogens is 126 g/mol. The molecule has 1 aliphatic heterocycles. The van der Waals surface area contributed by atoms with Crippen LogP contribution >= 0.6 is 0 Å². The predicted octanol–water partition coefficient (Wildman–Crippen LogP) is 0.654. The largest absolute Gasteiger partial charge is 0.384 e. The van der Waals surface area contributed by atoms with E-state index in [1.807, 2.05) is 6.92 Å². The summed E-state index contributed by atoms with van der Waals surface area (Å²) < 4.78 is 0. The van der Waals surface area contributed by atoms with Crippen molar-refractivity contribution in [3.63, 3.8) is 0 Å². The van der Waals surface area contributed by atoms with Gasteiger partial charge in [-0.1, -0.05) is 13.2 Å². The molecular formula is C7H11N3. The molecule has 1 aliphatic rings. The summed E-state index contributed by atoms with van der Waals surface area (Å²) >= 11 is 0. The van der Waals surface area contributed by atoms with Gasteiger partial charge in [0.05, 0.1) is 5.70 Å². The van der Waals surface area contributed by atoms with Crippen molar-refractivity contribution in [3.8, 4) is 0 Å². The van der Waals surface area contributed by atoms with Gasteiger partial charge < -0.3 is 5.73 Å². The molecule has 0 aromatic rings. The van der Waals surface area contributed by atoms with Gasteiger partial charge in [0.25, 0.3) is 0 Å². The maximum atomic E-state index is 5.57. The number of rotatable bonds is 1. The minimum absolute atomic E-state index is 0.637. The van der Waals surface area contributed by atoms with E-state index in [1.54, 1.807) is 11.1 Å². The predicted molar refractivity (Wildman–Crippen MR) is 41.2 cm³/mol.